The van der Waals surface area contributed by atoms with Crippen molar-refractivity contribution in [2.75, 3.05) is 18.8 Å². The molecule has 0 bridgehead atoms. The molecule has 0 aromatic heterocycles. The minimum Gasteiger partial charge on any atom is -0.353 e. The summed E-state index contributed by atoms with van der Waals surface area (Å²) in [6.45, 7) is 4.19. The molecule has 2 aliphatic carbocycles. The van der Waals surface area contributed by atoms with Crippen LogP contribution in [0.15, 0.2) is 0 Å². The van der Waals surface area contributed by atoms with Crippen LogP contribution in [0.3, 0.4) is 0 Å². The summed E-state index contributed by atoms with van der Waals surface area (Å²) in [6, 6.07) is 0.424. The highest BCUT2D eigenvalue weighted by molar-refractivity contribution is 7.99. The third-order valence-corrected chi connectivity index (χ3v) is 7.09. The van der Waals surface area contributed by atoms with Crippen LogP contribution in [0, 0.1) is 11.3 Å². The van der Waals surface area contributed by atoms with E-state index in [0.29, 0.717) is 17.9 Å². The maximum atomic E-state index is 13.0. The van der Waals surface area contributed by atoms with E-state index in [2.05, 4.69) is 29.3 Å². The fourth-order valence-corrected chi connectivity index (χ4v) is 5.86. The lowest BCUT2D eigenvalue weighted by atomic mass is 9.67. The molecule has 4 atom stereocenters. The lowest BCUT2D eigenvalue weighted by Crippen LogP contribution is -2.51. The summed E-state index contributed by atoms with van der Waals surface area (Å²) < 4.78 is 0. The quantitative estimate of drug-likeness (QED) is 0.820. The van der Waals surface area contributed by atoms with Gasteiger partial charge < -0.3 is 10.6 Å². The molecule has 5 heteroatoms. The maximum Gasteiger partial charge on any atom is 0.228 e. The Bertz CT molecular complexity index is 380. The number of carbonyl (C=O) groups is 1. The highest BCUT2D eigenvalue weighted by Crippen LogP contribution is 2.44. The zero-order valence-electron chi connectivity index (χ0n) is 13.7. The van der Waals surface area contributed by atoms with Crippen molar-refractivity contribution in [1.82, 2.24) is 10.6 Å². The smallest absolute Gasteiger partial charge is 0.228 e. The number of hydrogen-bond acceptors (Lipinski definition) is 3. The first-order chi connectivity index (χ1) is 10.2. The van der Waals surface area contributed by atoms with Gasteiger partial charge in [-0.1, -0.05) is 26.2 Å². The molecule has 3 fully saturated rings. The van der Waals surface area contributed by atoms with Crippen LogP contribution in [-0.4, -0.2) is 36.0 Å². The monoisotopic (exact) mass is 346 g/mol. The third kappa shape index (κ3) is 3.76. The van der Waals surface area contributed by atoms with Crippen molar-refractivity contribution in [3.63, 3.8) is 0 Å². The van der Waals surface area contributed by atoms with Gasteiger partial charge >= 0.3 is 0 Å². The Hall–Kier alpha value is 0.0700. The Kier molecular flexibility index (Phi) is 6.91. The van der Waals surface area contributed by atoms with Crippen molar-refractivity contribution in [3.05, 3.63) is 0 Å². The normalized spacial score (nSPS) is 38.0. The van der Waals surface area contributed by atoms with Crippen LogP contribution in [0.2, 0.25) is 0 Å². The van der Waals surface area contributed by atoms with Gasteiger partial charge in [-0.15, -0.1) is 12.4 Å². The summed E-state index contributed by atoms with van der Waals surface area (Å²) in [5, 5.41) is 7.69. The number of carbonyl (C=O) groups excluding carboxylic acids is 1. The second-order valence-electron chi connectivity index (χ2n) is 7.14. The number of rotatable bonds is 4. The molecule has 0 spiro atoms. The van der Waals surface area contributed by atoms with E-state index in [1.807, 2.05) is 0 Å². The predicted molar refractivity (Wildman–Crippen MR) is 96.8 cm³/mol. The molecule has 1 amide bonds. The van der Waals surface area contributed by atoms with E-state index >= 15 is 0 Å². The lowest BCUT2D eigenvalue weighted by Gasteiger charge is -2.39. The minimum absolute atomic E-state index is 0. The molecule has 3 nitrogen and oxygen atoms in total. The van der Waals surface area contributed by atoms with Crippen molar-refractivity contribution < 1.29 is 4.79 Å². The fraction of sp³-hybridized carbons (Fsp3) is 0.941. The van der Waals surface area contributed by atoms with E-state index in [1.165, 1.54) is 50.7 Å². The topological polar surface area (TPSA) is 41.1 Å². The van der Waals surface area contributed by atoms with Crippen molar-refractivity contribution in [3.8, 4) is 0 Å². The van der Waals surface area contributed by atoms with E-state index in [4.69, 9.17) is 0 Å². The molecule has 22 heavy (non-hydrogen) atoms. The van der Waals surface area contributed by atoms with Gasteiger partial charge in [-0.25, -0.2) is 0 Å². The summed E-state index contributed by atoms with van der Waals surface area (Å²) in [5.41, 5.74) is -0.0803. The van der Waals surface area contributed by atoms with Gasteiger partial charge in [-0.2, -0.15) is 11.8 Å². The van der Waals surface area contributed by atoms with E-state index in [0.717, 1.165) is 24.8 Å². The molecule has 3 aliphatic rings. The highest BCUT2D eigenvalue weighted by atomic mass is 35.5. The molecule has 2 N–H and O–H groups in total. The minimum atomic E-state index is -0.0803. The van der Waals surface area contributed by atoms with Gasteiger partial charge in [0.15, 0.2) is 0 Å². The number of amides is 1. The van der Waals surface area contributed by atoms with Crippen LogP contribution >= 0.6 is 24.2 Å². The molecule has 1 heterocycles. The van der Waals surface area contributed by atoms with Gasteiger partial charge in [0.2, 0.25) is 5.91 Å². The van der Waals surface area contributed by atoms with Crippen molar-refractivity contribution in [2.24, 2.45) is 11.3 Å². The second kappa shape index (κ2) is 8.25. The van der Waals surface area contributed by atoms with Crippen LogP contribution in [-0.2, 0) is 4.79 Å². The summed E-state index contributed by atoms with van der Waals surface area (Å²) in [4.78, 5) is 13.0. The zero-order chi connectivity index (χ0) is 14.7. The van der Waals surface area contributed by atoms with Gasteiger partial charge in [0.1, 0.15) is 0 Å². The largest absolute Gasteiger partial charge is 0.353 e. The second-order valence-corrected chi connectivity index (χ2v) is 8.72. The summed E-state index contributed by atoms with van der Waals surface area (Å²) in [5.74, 6) is 2.14. The number of fused-ring (bicyclic) bond motifs is 1. The van der Waals surface area contributed by atoms with Crippen molar-refractivity contribution >= 4 is 30.1 Å². The SMILES string of the molecule is CCSC1CCCC(NC(=O)[C@@]23CCCC[C@H]2CNC3)C1.Cl. The average molecular weight is 347 g/mol. The van der Waals surface area contributed by atoms with Gasteiger partial charge in [-0.05, 0) is 50.3 Å². The number of hydrogen-bond donors (Lipinski definition) is 2. The molecule has 1 saturated heterocycles. The highest BCUT2D eigenvalue weighted by Gasteiger charge is 2.50. The molecule has 1 aliphatic heterocycles. The number of nitrogens with one attached hydrogen (secondary N) is 2. The predicted octanol–water partition coefficient (Wildman–Crippen LogP) is 3.37. The molecular weight excluding hydrogens is 316 g/mol. The third-order valence-electron chi connectivity index (χ3n) is 5.85. The molecule has 2 unspecified atom stereocenters. The molecule has 2 saturated carbocycles. The first-order valence-corrected chi connectivity index (χ1v) is 9.93. The average Bonchev–Trinajstić information content (AvgIpc) is 2.93. The number of thioether (sulfide) groups is 1. The van der Waals surface area contributed by atoms with Crippen LogP contribution in [0.1, 0.15) is 58.3 Å². The Labute approximate surface area is 145 Å². The first-order valence-electron chi connectivity index (χ1n) is 8.88. The molecule has 3 rings (SSSR count). The molecule has 128 valence electrons. The molecule has 0 radical (unpaired) electrons. The van der Waals surface area contributed by atoms with Crippen molar-refractivity contribution in [1.29, 1.82) is 0 Å². The fourth-order valence-electron chi connectivity index (χ4n) is 4.68. The van der Waals surface area contributed by atoms with Gasteiger partial charge in [0, 0.05) is 17.8 Å². The van der Waals surface area contributed by atoms with Gasteiger partial charge in [-0.3, -0.25) is 4.79 Å². The zero-order valence-corrected chi connectivity index (χ0v) is 15.4. The summed E-state index contributed by atoms with van der Waals surface area (Å²) >= 11 is 2.07. The van der Waals surface area contributed by atoms with Gasteiger partial charge in [0.25, 0.3) is 0 Å². The lowest BCUT2D eigenvalue weighted by molar-refractivity contribution is -0.135. The first kappa shape index (κ1) is 18.4. The standard InChI is InChI=1S/C17H30N2OS.ClH/c1-2-21-15-8-5-7-14(10-15)19-16(20)17-9-4-3-6-13(17)11-18-12-17;/h13-15,18H,2-12H2,1H3,(H,19,20);1H/t13-,14?,15?,17+;/m0./s1. The summed E-state index contributed by atoms with van der Waals surface area (Å²) in [7, 11) is 0. The van der Waals surface area contributed by atoms with Crippen LogP contribution in [0.5, 0.6) is 0 Å². The molecule has 0 aromatic carbocycles. The van der Waals surface area contributed by atoms with E-state index in [9.17, 15) is 4.79 Å². The van der Waals surface area contributed by atoms with Crippen LogP contribution < -0.4 is 10.6 Å². The Morgan fingerprint density at radius 2 is 2.14 bits per heavy atom. The van der Waals surface area contributed by atoms with E-state index in [1.54, 1.807) is 0 Å². The molecule has 0 aromatic rings. The Morgan fingerprint density at radius 3 is 2.95 bits per heavy atom. The maximum absolute atomic E-state index is 13.0. The number of halogens is 1. The summed E-state index contributed by atoms with van der Waals surface area (Å²) in [6.07, 6.45) is 9.83. The van der Waals surface area contributed by atoms with E-state index in [-0.39, 0.29) is 17.8 Å². The van der Waals surface area contributed by atoms with Crippen molar-refractivity contribution in [2.45, 2.75) is 69.6 Å². The van der Waals surface area contributed by atoms with E-state index < -0.39 is 0 Å². The van der Waals surface area contributed by atoms with Crippen LogP contribution in [0.4, 0.5) is 0 Å². The van der Waals surface area contributed by atoms with Crippen LogP contribution in [0.25, 0.3) is 0 Å². The Morgan fingerprint density at radius 1 is 1.27 bits per heavy atom. The Balaban J connectivity index is 0.00000176. The van der Waals surface area contributed by atoms with Gasteiger partial charge in [0.05, 0.1) is 5.41 Å². The molecular formula is C17H31ClN2OS.